The summed E-state index contributed by atoms with van der Waals surface area (Å²) in [6.45, 7) is 2.06. The number of carbonyl (C=O) groups is 1. The third kappa shape index (κ3) is 4.43. The molecule has 2 aromatic carbocycles. The molecule has 2 aliphatic rings. The number of carbonyl (C=O) groups excluding carboxylic acids is 1. The van der Waals surface area contributed by atoms with E-state index in [1.165, 1.54) is 43.9 Å². The van der Waals surface area contributed by atoms with Crippen LogP contribution in [0.25, 0.3) is 0 Å². The second kappa shape index (κ2) is 8.00. The fourth-order valence-corrected chi connectivity index (χ4v) is 6.16. The van der Waals surface area contributed by atoms with Gasteiger partial charge in [0, 0.05) is 16.6 Å². The number of amides is 1. The van der Waals surface area contributed by atoms with E-state index in [1.54, 1.807) is 30.3 Å². The monoisotopic (exact) mass is 432 g/mol. The summed E-state index contributed by atoms with van der Waals surface area (Å²) >= 11 is 5.92. The van der Waals surface area contributed by atoms with E-state index in [1.807, 2.05) is 0 Å². The molecule has 0 unspecified atom stereocenters. The van der Waals surface area contributed by atoms with Crippen molar-refractivity contribution in [3.63, 3.8) is 0 Å². The van der Waals surface area contributed by atoms with Crippen molar-refractivity contribution in [2.45, 2.75) is 43.5 Å². The Morgan fingerprint density at radius 2 is 1.90 bits per heavy atom. The van der Waals surface area contributed by atoms with Crippen LogP contribution in [0.15, 0.2) is 53.4 Å². The molecule has 0 heterocycles. The van der Waals surface area contributed by atoms with Crippen LogP contribution in [0.5, 0.6) is 0 Å². The largest absolute Gasteiger partial charge is 0.349 e. The maximum absolute atomic E-state index is 12.8. The first-order chi connectivity index (χ1) is 13.8. The molecular weight excluding hydrogens is 408 g/mol. The van der Waals surface area contributed by atoms with Crippen LogP contribution in [-0.4, -0.2) is 20.4 Å². The number of rotatable bonds is 6. The third-order valence-electron chi connectivity index (χ3n) is 6.28. The van der Waals surface area contributed by atoms with E-state index in [9.17, 15) is 13.2 Å². The van der Waals surface area contributed by atoms with Gasteiger partial charge in [-0.2, -0.15) is 0 Å². The van der Waals surface area contributed by atoms with Crippen LogP contribution in [0, 0.1) is 17.8 Å². The predicted octanol–water partition coefficient (Wildman–Crippen LogP) is 4.70. The topological polar surface area (TPSA) is 75.3 Å². The molecule has 0 saturated heterocycles. The van der Waals surface area contributed by atoms with E-state index < -0.39 is 10.0 Å². The first kappa shape index (κ1) is 20.2. The summed E-state index contributed by atoms with van der Waals surface area (Å²) in [5, 5.41) is 3.53. The molecule has 0 aromatic heterocycles. The lowest BCUT2D eigenvalue weighted by Gasteiger charge is -2.28. The van der Waals surface area contributed by atoms with Crippen LogP contribution in [0.3, 0.4) is 0 Å². The second-order valence-corrected chi connectivity index (χ2v) is 10.4. The van der Waals surface area contributed by atoms with E-state index >= 15 is 0 Å². The maximum atomic E-state index is 12.8. The van der Waals surface area contributed by atoms with Gasteiger partial charge in [-0.05, 0) is 80.3 Å². The zero-order chi connectivity index (χ0) is 20.6. The van der Waals surface area contributed by atoms with Gasteiger partial charge >= 0.3 is 0 Å². The summed E-state index contributed by atoms with van der Waals surface area (Å²) in [6, 6.07) is 12.7. The van der Waals surface area contributed by atoms with Crippen LogP contribution in [0.4, 0.5) is 5.69 Å². The van der Waals surface area contributed by atoms with Gasteiger partial charge in [0.2, 0.25) is 0 Å². The van der Waals surface area contributed by atoms with Crippen LogP contribution >= 0.6 is 11.6 Å². The minimum Gasteiger partial charge on any atom is -0.349 e. The lowest BCUT2D eigenvalue weighted by Crippen LogP contribution is -2.40. The van der Waals surface area contributed by atoms with E-state index in [0.717, 1.165) is 5.92 Å². The summed E-state index contributed by atoms with van der Waals surface area (Å²) in [5.41, 5.74) is 0.714. The molecule has 2 fully saturated rings. The number of fused-ring (bicyclic) bond motifs is 2. The van der Waals surface area contributed by atoms with Gasteiger partial charge in [0.1, 0.15) is 0 Å². The highest BCUT2D eigenvalue weighted by Gasteiger charge is 2.42. The fourth-order valence-electron chi connectivity index (χ4n) is 4.87. The highest BCUT2D eigenvalue weighted by molar-refractivity contribution is 7.92. The quantitative estimate of drug-likeness (QED) is 0.694. The Hall–Kier alpha value is -2.05. The van der Waals surface area contributed by atoms with Crippen molar-refractivity contribution in [1.82, 2.24) is 5.32 Å². The fraction of sp³-hybridized carbons (Fsp3) is 0.409. The SMILES string of the molecule is C[C@@H](NC(=O)c1cccc(S(=O)(=O)Nc2cccc(Cl)c2)c1)[C@@H]1C[C@H]2CC[C@H]1C2. The Labute approximate surface area is 176 Å². The Bertz CT molecular complexity index is 1020. The number of sulfonamides is 1. The zero-order valence-electron chi connectivity index (χ0n) is 16.3. The predicted molar refractivity (Wildman–Crippen MR) is 115 cm³/mol. The average Bonchev–Trinajstić information content (AvgIpc) is 3.31. The van der Waals surface area contributed by atoms with Gasteiger partial charge in [-0.3, -0.25) is 9.52 Å². The number of nitrogens with one attached hydrogen (secondary N) is 2. The molecule has 2 bridgehead atoms. The molecule has 2 aliphatic carbocycles. The minimum absolute atomic E-state index is 0.0395. The normalized spacial score (nSPS) is 24.3. The van der Waals surface area contributed by atoms with Crippen LogP contribution in [0.1, 0.15) is 43.0 Å². The number of anilines is 1. The van der Waals surface area contributed by atoms with E-state index in [-0.39, 0.29) is 16.8 Å². The summed E-state index contributed by atoms with van der Waals surface area (Å²) in [7, 11) is -3.83. The number of benzene rings is 2. The smallest absolute Gasteiger partial charge is 0.261 e. The van der Waals surface area contributed by atoms with Crippen LogP contribution in [0.2, 0.25) is 5.02 Å². The van der Waals surface area contributed by atoms with Crippen molar-refractivity contribution >= 4 is 33.2 Å². The Morgan fingerprint density at radius 3 is 2.59 bits per heavy atom. The van der Waals surface area contributed by atoms with E-state index in [2.05, 4.69) is 17.0 Å². The van der Waals surface area contributed by atoms with Crippen molar-refractivity contribution in [3.05, 3.63) is 59.1 Å². The highest BCUT2D eigenvalue weighted by Crippen LogP contribution is 2.49. The first-order valence-electron chi connectivity index (χ1n) is 10.0. The van der Waals surface area contributed by atoms with Gasteiger partial charge in [0.25, 0.3) is 15.9 Å². The summed E-state index contributed by atoms with van der Waals surface area (Å²) in [6.07, 6.45) is 5.05. The van der Waals surface area contributed by atoms with Gasteiger partial charge in [-0.25, -0.2) is 8.42 Å². The van der Waals surface area contributed by atoms with Crippen molar-refractivity contribution < 1.29 is 13.2 Å². The van der Waals surface area contributed by atoms with E-state index in [0.29, 0.717) is 28.1 Å². The molecule has 1 amide bonds. The lowest BCUT2D eigenvalue weighted by molar-refractivity contribution is 0.0915. The Balaban J connectivity index is 1.47. The molecule has 0 spiro atoms. The molecule has 154 valence electrons. The minimum atomic E-state index is -3.83. The van der Waals surface area contributed by atoms with Crippen molar-refractivity contribution in [2.75, 3.05) is 4.72 Å². The molecule has 4 rings (SSSR count). The van der Waals surface area contributed by atoms with Crippen molar-refractivity contribution in [3.8, 4) is 0 Å². The van der Waals surface area contributed by atoms with Crippen molar-refractivity contribution in [2.24, 2.45) is 17.8 Å². The summed E-state index contributed by atoms with van der Waals surface area (Å²) in [4.78, 5) is 12.8. The Kier molecular flexibility index (Phi) is 5.58. The second-order valence-electron chi connectivity index (χ2n) is 8.24. The van der Waals surface area contributed by atoms with E-state index in [4.69, 9.17) is 11.6 Å². The Morgan fingerprint density at radius 1 is 1.10 bits per heavy atom. The molecular formula is C22H25ClN2O3S. The standard InChI is InChI=1S/C22H25ClN2O3S/c1-14(21-11-15-8-9-16(21)10-15)24-22(26)17-4-2-7-20(12-17)29(27,28)25-19-6-3-5-18(23)13-19/h2-7,12-16,21,25H,8-11H2,1H3,(H,24,26)/t14-,15+,16+,21+/m1/s1. The van der Waals surface area contributed by atoms with Crippen LogP contribution in [-0.2, 0) is 10.0 Å². The lowest BCUT2D eigenvalue weighted by atomic mass is 9.84. The summed E-state index contributed by atoms with van der Waals surface area (Å²) < 4.78 is 27.9. The molecule has 7 heteroatoms. The molecule has 29 heavy (non-hydrogen) atoms. The molecule has 2 saturated carbocycles. The van der Waals surface area contributed by atoms with Gasteiger partial charge in [0.05, 0.1) is 10.6 Å². The molecule has 4 atom stereocenters. The van der Waals surface area contributed by atoms with Crippen LogP contribution < -0.4 is 10.0 Å². The highest BCUT2D eigenvalue weighted by atomic mass is 35.5. The zero-order valence-corrected chi connectivity index (χ0v) is 17.8. The summed E-state index contributed by atoms with van der Waals surface area (Å²) in [5.74, 6) is 1.81. The third-order valence-corrected chi connectivity index (χ3v) is 7.89. The molecule has 5 nitrogen and oxygen atoms in total. The molecule has 2 aromatic rings. The molecule has 2 N–H and O–H groups in total. The maximum Gasteiger partial charge on any atom is 0.261 e. The number of halogens is 1. The first-order valence-corrected chi connectivity index (χ1v) is 11.9. The van der Waals surface area contributed by atoms with Gasteiger partial charge < -0.3 is 5.32 Å². The van der Waals surface area contributed by atoms with Crippen molar-refractivity contribution in [1.29, 1.82) is 0 Å². The van der Waals surface area contributed by atoms with Gasteiger partial charge in [-0.15, -0.1) is 0 Å². The average molecular weight is 433 g/mol. The number of hydrogen-bond donors (Lipinski definition) is 2. The van der Waals surface area contributed by atoms with Gasteiger partial charge in [-0.1, -0.05) is 30.2 Å². The van der Waals surface area contributed by atoms with Gasteiger partial charge in [0.15, 0.2) is 0 Å². The number of hydrogen-bond acceptors (Lipinski definition) is 3. The molecule has 0 aliphatic heterocycles. The molecule has 0 radical (unpaired) electrons.